The number of nitrogens with one attached hydrogen (secondary N) is 4. The second-order valence-electron chi connectivity index (χ2n) is 15.1. The second-order valence-corrected chi connectivity index (χ2v) is 15.1. The van der Waals surface area contributed by atoms with Crippen LogP contribution in [0.1, 0.15) is 30.9 Å². The lowest BCUT2D eigenvalue weighted by Crippen LogP contribution is -2.49. The van der Waals surface area contributed by atoms with Crippen LogP contribution in [0, 0.1) is 0 Å². The highest BCUT2D eigenvalue weighted by Gasteiger charge is 2.24. The first-order chi connectivity index (χ1) is 29.7. The fourth-order valence-electron chi connectivity index (χ4n) is 6.65. The Kier molecular flexibility index (Phi) is 22.9. The van der Waals surface area contributed by atoms with Crippen molar-refractivity contribution in [2.45, 2.75) is 44.7 Å². The van der Waals surface area contributed by atoms with Crippen LogP contribution in [-0.2, 0) is 46.4 Å². The Morgan fingerprint density at radius 1 is 0.613 bits per heavy atom. The molecule has 20 nitrogen and oxygen atoms in total. The van der Waals surface area contributed by atoms with Crippen LogP contribution in [-0.4, -0.2) is 198 Å². The van der Waals surface area contributed by atoms with Crippen molar-refractivity contribution in [2.24, 2.45) is 0 Å². The first-order valence-corrected chi connectivity index (χ1v) is 20.8. The molecule has 1 fully saturated rings. The third-order valence-corrected chi connectivity index (χ3v) is 10.0. The Morgan fingerprint density at radius 3 is 1.60 bits per heavy atom. The lowest BCUT2D eigenvalue weighted by Gasteiger charge is -2.33. The van der Waals surface area contributed by atoms with Gasteiger partial charge in [0, 0.05) is 84.8 Å². The molecule has 0 radical (unpaired) electrons. The van der Waals surface area contributed by atoms with E-state index in [0.29, 0.717) is 76.6 Å². The van der Waals surface area contributed by atoms with Gasteiger partial charge in [-0.25, -0.2) is 4.79 Å². The molecule has 62 heavy (non-hydrogen) atoms. The van der Waals surface area contributed by atoms with Crippen LogP contribution in [0.2, 0.25) is 0 Å². The first-order valence-electron chi connectivity index (χ1n) is 20.8. The van der Waals surface area contributed by atoms with Gasteiger partial charge < -0.3 is 46.4 Å². The standard InChI is InChI=1S/C42H62N8O12/c1-2-3-13-44-41(59)34(24-31-7-5-4-6-8-31)45-37(52)30-62-33-11-9-32(10-12-33)25-35(42(60)61)46-36(51)26-43-14-15-47-16-18-48(27-38(53)54)20-22-50(29-40(57)58)23-21-49(19-17-47)28-39(55)56/h4-12,34-35,43H,2-3,13-30H2,1H3,(H,44,59)(H,45,52)(H,46,51)(H,53,54)(H,55,56)(H,57,58)(H,60,61)/t34-,35-/m0/s1. The molecule has 0 bridgehead atoms. The summed E-state index contributed by atoms with van der Waals surface area (Å²) >= 11 is 0. The highest BCUT2D eigenvalue weighted by Crippen LogP contribution is 2.14. The summed E-state index contributed by atoms with van der Waals surface area (Å²) in [7, 11) is 0. The zero-order valence-corrected chi connectivity index (χ0v) is 35.3. The van der Waals surface area contributed by atoms with Gasteiger partial charge in [-0.15, -0.1) is 0 Å². The Labute approximate surface area is 361 Å². The number of carboxylic acids is 4. The quantitative estimate of drug-likeness (QED) is 0.0550. The van der Waals surface area contributed by atoms with Gasteiger partial charge in [0.2, 0.25) is 11.8 Å². The Bertz CT molecular complexity index is 1700. The average Bonchev–Trinajstić information content (AvgIpc) is 3.22. The molecule has 1 aliphatic rings. The average molecular weight is 871 g/mol. The van der Waals surface area contributed by atoms with Crippen molar-refractivity contribution >= 4 is 41.6 Å². The van der Waals surface area contributed by atoms with Crippen molar-refractivity contribution in [2.75, 3.05) is 105 Å². The third-order valence-electron chi connectivity index (χ3n) is 10.0. The van der Waals surface area contributed by atoms with Crippen molar-refractivity contribution in [3.8, 4) is 5.75 Å². The molecule has 2 aromatic carbocycles. The maximum Gasteiger partial charge on any atom is 0.326 e. The number of benzene rings is 2. The number of amides is 3. The summed E-state index contributed by atoms with van der Waals surface area (Å²) in [6, 6.07) is 13.7. The molecule has 8 N–H and O–H groups in total. The van der Waals surface area contributed by atoms with E-state index < -0.39 is 47.8 Å². The van der Waals surface area contributed by atoms with Crippen molar-refractivity contribution in [3.05, 3.63) is 65.7 Å². The molecular weight excluding hydrogens is 809 g/mol. The van der Waals surface area contributed by atoms with E-state index >= 15 is 0 Å². The molecule has 2 atom stereocenters. The second kappa shape index (κ2) is 28.0. The Balaban J connectivity index is 1.49. The van der Waals surface area contributed by atoms with Crippen LogP contribution < -0.4 is 26.0 Å². The largest absolute Gasteiger partial charge is 0.484 e. The molecule has 0 aliphatic carbocycles. The molecule has 20 heteroatoms. The van der Waals surface area contributed by atoms with Gasteiger partial charge in [-0.2, -0.15) is 0 Å². The number of carboxylic acid groups (broad SMARTS) is 4. The molecule has 1 saturated heterocycles. The highest BCUT2D eigenvalue weighted by molar-refractivity contribution is 5.88. The summed E-state index contributed by atoms with van der Waals surface area (Å²) in [4.78, 5) is 92.3. The number of hydrogen-bond acceptors (Lipinski definition) is 13. The molecule has 0 aromatic heterocycles. The smallest absolute Gasteiger partial charge is 0.326 e. The monoisotopic (exact) mass is 870 g/mol. The number of aliphatic carboxylic acids is 4. The minimum absolute atomic E-state index is 0.0301. The summed E-state index contributed by atoms with van der Waals surface area (Å²) in [6.07, 6.45) is 2.01. The summed E-state index contributed by atoms with van der Waals surface area (Å²) in [5, 5.41) is 49.3. The number of carbonyl (C=O) groups excluding carboxylic acids is 3. The summed E-state index contributed by atoms with van der Waals surface area (Å²) in [5.74, 6) is -5.29. The van der Waals surface area contributed by atoms with Crippen molar-refractivity contribution in [1.29, 1.82) is 0 Å². The van der Waals surface area contributed by atoms with Gasteiger partial charge in [0.05, 0.1) is 26.2 Å². The van der Waals surface area contributed by atoms with Gasteiger partial charge in [0.1, 0.15) is 17.8 Å². The van der Waals surface area contributed by atoms with Crippen molar-refractivity contribution in [3.63, 3.8) is 0 Å². The van der Waals surface area contributed by atoms with Gasteiger partial charge in [0.15, 0.2) is 6.61 Å². The van der Waals surface area contributed by atoms with Gasteiger partial charge in [-0.1, -0.05) is 55.8 Å². The fraction of sp³-hybridized carbons (Fsp3) is 0.548. The lowest BCUT2D eigenvalue weighted by molar-refractivity contribution is -0.141. The van der Waals surface area contributed by atoms with E-state index in [4.69, 9.17) is 4.74 Å². The van der Waals surface area contributed by atoms with E-state index in [-0.39, 0.29) is 58.2 Å². The topological polar surface area (TPSA) is 271 Å². The summed E-state index contributed by atoms with van der Waals surface area (Å²) in [6.45, 7) is 4.69. The van der Waals surface area contributed by atoms with E-state index in [0.717, 1.165) is 18.4 Å². The fourth-order valence-corrected chi connectivity index (χ4v) is 6.65. The van der Waals surface area contributed by atoms with Gasteiger partial charge >= 0.3 is 23.9 Å². The van der Waals surface area contributed by atoms with Crippen LogP contribution in [0.3, 0.4) is 0 Å². The van der Waals surface area contributed by atoms with Gasteiger partial charge in [0.25, 0.3) is 5.91 Å². The SMILES string of the molecule is CCCCNC(=O)[C@H](Cc1ccccc1)NC(=O)COc1ccc(C[C@H](NC(=O)CNCCN2CCN(CC(=O)O)CCN(CC(=O)O)CCN(CC(=O)O)CC2)C(=O)O)cc1. The third kappa shape index (κ3) is 21.2. The van der Waals surface area contributed by atoms with Gasteiger partial charge in [-0.05, 0) is 29.7 Å². The van der Waals surface area contributed by atoms with Crippen molar-refractivity contribution in [1.82, 2.24) is 40.9 Å². The molecule has 2 aromatic rings. The lowest BCUT2D eigenvalue weighted by atomic mass is 10.1. The number of unbranched alkanes of at least 4 members (excludes halogenated alkanes) is 1. The highest BCUT2D eigenvalue weighted by atomic mass is 16.5. The van der Waals surface area contributed by atoms with E-state index in [9.17, 15) is 54.0 Å². The summed E-state index contributed by atoms with van der Waals surface area (Å²) < 4.78 is 5.65. The van der Waals surface area contributed by atoms with Crippen LogP contribution >= 0.6 is 0 Å². The molecule has 0 spiro atoms. The van der Waals surface area contributed by atoms with E-state index in [1.807, 2.05) is 42.2 Å². The minimum Gasteiger partial charge on any atom is -0.484 e. The van der Waals surface area contributed by atoms with Crippen LogP contribution in [0.4, 0.5) is 0 Å². The molecule has 3 amide bonds. The number of hydrogen-bond donors (Lipinski definition) is 8. The van der Waals surface area contributed by atoms with E-state index in [1.165, 1.54) is 0 Å². The maximum absolute atomic E-state index is 12.9. The maximum atomic E-state index is 12.9. The predicted molar refractivity (Wildman–Crippen MR) is 227 cm³/mol. The molecular formula is C42H62N8O12. The van der Waals surface area contributed by atoms with Crippen LogP contribution in [0.15, 0.2) is 54.6 Å². The molecule has 0 unspecified atom stereocenters. The normalized spacial score (nSPS) is 15.8. The number of nitrogens with zero attached hydrogens (tertiary/aromatic N) is 4. The molecule has 342 valence electrons. The number of rotatable bonds is 25. The number of ether oxygens (including phenoxy) is 1. The Morgan fingerprint density at radius 2 is 1.10 bits per heavy atom. The van der Waals surface area contributed by atoms with Crippen LogP contribution in [0.25, 0.3) is 0 Å². The zero-order valence-electron chi connectivity index (χ0n) is 35.3. The van der Waals surface area contributed by atoms with Gasteiger partial charge in [-0.3, -0.25) is 48.4 Å². The van der Waals surface area contributed by atoms with Crippen molar-refractivity contribution < 1.29 is 58.7 Å². The number of carbonyl (C=O) groups is 7. The van der Waals surface area contributed by atoms with Crippen LogP contribution in [0.5, 0.6) is 5.75 Å². The Hall–Kier alpha value is -5.67. The van der Waals surface area contributed by atoms with E-state index in [2.05, 4.69) is 21.3 Å². The molecule has 1 heterocycles. The van der Waals surface area contributed by atoms with E-state index in [1.54, 1.807) is 39.0 Å². The predicted octanol–water partition coefficient (Wildman–Crippen LogP) is -1.11. The molecule has 1 aliphatic heterocycles. The first kappa shape index (κ1) is 50.7. The minimum atomic E-state index is -1.24. The molecule has 0 saturated carbocycles. The zero-order chi connectivity index (χ0) is 45.3. The molecule has 3 rings (SSSR count). The summed E-state index contributed by atoms with van der Waals surface area (Å²) in [5.41, 5.74) is 1.48.